The molecule has 2 aromatic carbocycles. The van der Waals surface area contributed by atoms with E-state index >= 15 is 4.39 Å². The number of aromatic amines is 2. The molecule has 16 heteroatoms. The van der Waals surface area contributed by atoms with Gasteiger partial charge in [-0.2, -0.15) is 0 Å². The predicted octanol–water partition coefficient (Wildman–Crippen LogP) is 6.91. The number of ether oxygens (including phenoxy) is 2. The molecule has 4 atom stereocenters. The number of amides is 4. The van der Waals surface area contributed by atoms with Crippen LogP contribution in [-0.2, 0) is 19.1 Å². The average Bonchev–Trinajstić information content (AvgIpc) is 4.07. The number of rotatable bonds is 11. The predicted molar refractivity (Wildman–Crippen MR) is 218 cm³/mol. The second-order valence-electron chi connectivity index (χ2n) is 15.8. The van der Waals surface area contributed by atoms with Crippen molar-refractivity contribution in [3.05, 3.63) is 78.5 Å². The van der Waals surface area contributed by atoms with E-state index < -0.39 is 30.1 Å². The third-order valence-corrected chi connectivity index (χ3v) is 11.3. The molecule has 3 aromatic heterocycles. The Labute approximate surface area is 341 Å². The van der Waals surface area contributed by atoms with Gasteiger partial charge in [-0.15, -0.1) is 0 Å². The first-order valence-electron chi connectivity index (χ1n) is 20.0. The number of fused-ring (bicyclic) bond motifs is 1. The van der Waals surface area contributed by atoms with Crippen LogP contribution in [0.3, 0.4) is 0 Å². The summed E-state index contributed by atoms with van der Waals surface area (Å²) in [6.07, 6.45) is 6.84. The third kappa shape index (κ3) is 8.47. The van der Waals surface area contributed by atoms with Crippen LogP contribution in [0.4, 0.5) is 14.0 Å². The number of methoxy groups -OCH3 is 2. The van der Waals surface area contributed by atoms with Crippen LogP contribution in [0.1, 0.15) is 77.1 Å². The monoisotopic (exact) mass is 807 g/mol. The standard InChI is InChI=1S/C43H50FN9O6/c1-23(2)36(50-42(56)58-5)40(54)52-15-7-9-34(52)38-46-21-32(48-38)26-12-11-25-19-31(45-20-28(25)17-26)29-14-13-27(18-30(29)44)33-22-47-39(49-33)35-10-8-16-53(35)41(55)37(24(3)4)51-43(57)59-6/h11-14,17-24,34-37H,7-10,15-16H2,1-6H3,(H,46,48)(H,47,49)(H,50,56)(H,51,57)/t34-,35-,36-,37-/m0/s1. The Balaban J connectivity index is 1.05. The summed E-state index contributed by atoms with van der Waals surface area (Å²) < 4.78 is 25.3. The van der Waals surface area contributed by atoms with Gasteiger partial charge in [-0.3, -0.25) is 14.6 Å². The highest BCUT2D eigenvalue weighted by Crippen LogP contribution is 2.36. The highest BCUT2D eigenvalue weighted by atomic mass is 19.1. The fourth-order valence-electron chi connectivity index (χ4n) is 8.04. The number of carbonyl (C=O) groups is 4. The smallest absolute Gasteiger partial charge is 0.407 e. The maximum atomic E-state index is 15.8. The van der Waals surface area contributed by atoms with Crippen LogP contribution in [0.2, 0.25) is 0 Å². The number of nitrogens with one attached hydrogen (secondary N) is 4. The number of alkyl carbamates (subject to hydrolysis) is 2. The number of nitrogens with zero attached hydrogens (tertiary/aromatic N) is 5. The number of benzene rings is 2. The summed E-state index contributed by atoms with van der Waals surface area (Å²) in [4.78, 5) is 75.1. The maximum Gasteiger partial charge on any atom is 0.407 e. The molecule has 0 saturated carbocycles. The normalized spacial score (nSPS) is 17.7. The minimum atomic E-state index is -0.744. The lowest BCUT2D eigenvalue weighted by Crippen LogP contribution is -2.51. The van der Waals surface area contributed by atoms with Gasteiger partial charge < -0.3 is 39.9 Å². The van der Waals surface area contributed by atoms with Gasteiger partial charge >= 0.3 is 12.2 Å². The van der Waals surface area contributed by atoms with Crippen molar-refractivity contribution in [2.75, 3.05) is 27.3 Å². The molecule has 5 heterocycles. The Kier molecular flexibility index (Phi) is 12.0. The number of halogens is 1. The summed E-state index contributed by atoms with van der Waals surface area (Å²) in [5, 5.41) is 7.07. The molecular weight excluding hydrogens is 758 g/mol. The number of likely N-dealkylation sites (tertiary alicyclic amines) is 2. The Bertz CT molecular complexity index is 2360. The van der Waals surface area contributed by atoms with E-state index in [1.165, 1.54) is 20.3 Å². The van der Waals surface area contributed by atoms with Crippen molar-refractivity contribution in [2.45, 2.75) is 77.5 Å². The second-order valence-corrected chi connectivity index (χ2v) is 15.8. The lowest BCUT2D eigenvalue weighted by Gasteiger charge is -2.30. The van der Waals surface area contributed by atoms with Gasteiger partial charge in [-0.1, -0.05) is 45.9 Å². The molecule has 59 heavy (non-hydrogen) atoms. The molecule has 0 aliphatic carbocycles. The molecule has 4 N–H and O–H groups in total. The van der Waals surface area contributed by atoms with Crippen LogP contribution in [0.15, 0.2) is 61.1 Å². The van der Waals surface area contributed by atoms with Crippen LogP contribution >= 0.6 is 0 Å². The Morgan fingerprint density at radius 1 is 0.695 bits per heavy atom. The quantitative estimate of drug-likeness (QED) is 0.110. The van der Waals surface area contributed by atoms with Crippen LogP contribution < -0.4 is 10.6 Å². The van der Waals surface area contributed by atoms with Gasteiger partial charge in [0, 0.05) is 41.4 Å². The fourth-order valence-corrected chi connectivity index (χ4v) is 8.04. The van der Waals surface area contributed by atoms with Crippen LogP contribution in [0.5, 0.6) is 0 Å². The third-order valence-electron chi connectivity index (χ3n) is 11.3. The van der Waals surface area contributed by atoms with E-state index in [-0.39, 0.29) is 35.7 Å². The molecular formula is C43H50FN9O6. The number of imidazole rings is 2. The molecule has 4 amide bonds. The largest absolute Gasteiger partial charge is 0.453 e. The van der Waals surface area contributed by atoms with Crippen molar-refractivity contribution in [1.29, 1.82) is 0 Å². The lowest BCUT2D eigenvalue weighted by atomic mass is 10.0. The van der Waals surface area contributed by atoms with Gasteiger partial charge in [-0.05, 0) is 67.2 Å². The summed E-state index contributed by atoms with van der Waals surface area (Å²) in [6, 6.07) is 10.7. The zero-order chi connectivity index (χ0) is 42.0. The lowest BCUT2D eigenvalue weighted by molar-refractivity contribution is -0.136. The first kappa shape index (κ1) is 40.9. The van der Waals surface area contributed by atoms with Crippen molar-refractivity contribution in [3.63, 3.8) is 0 Å². The van der Waals surface area contributed by atoms with E-state index in [0.717, 1.165) is 41.3 Å². The number of H-pyrrole nitrogens is 2. The molecule has 2 aliphatic heterocycles. The minimum absolute atomic E-state index is 0.133. The maximum absolute atomic E-state index is 15.8. The molecule has 2 saturated heterocycles. The highest BCUT2D eigenvalue weighted by Gasteiger charge is 2.39. The van der Waals surface area contributed by atoms with E-state index in [1.807, 2.05) is 58.0 Å². The Morgan fingerprint density at radius 2 is 1.20 bits per heavy atom. The van der Waals surface area contributed by atoms with Gasteiger partial charge in [-0.25, -0.2) is 23.9 Å². The van der Waals surface area contributed by atoms with E-state index in [2.05, 4.69) is 35.6 Å². The molecule has 0 unspecified atom stereocenters. The summed E-state index contributed by atoms with van der Waals surface area (Å²) in [5.74, 6) is 0.160. The van der Waals surface area contributed by atoms with E-state index in [4.69, 9.17) is 9.47 Å². The summed E-state index contributed by atoms with van der Waals surface area (Å²) >= 11 is 0. The number of hydrogen-bond donors (Lipinski definition) is 4. The van der Waals surface area contributed by atoms with Crippen molar-refractivity contribution in [1.82, 2.24) is 45.4 Å². The minimum Gasteiger partial charge on any atom is -0.453 e. The SMILES string of the molecule is COC(=O)N[C@H](C(=O)N1CCC[C@H]1c1ncc(-c2ccc(-c3cc4ccc(-c5cnc([C@@H]6CCCN6C(=O)[C@@H](NC(=O)OC)C(C)C)[nH]5)cc4cn3)c(F)c2)[nH]1)C(C)C. The topological polar surface area (TPSA) is 188 Å². The zero-order valence-corrected chi connectivity index (χ0v) is 34.0. The van der Waals surface area contributed by atoms with Crippen molar-refractivity contribution in [3.8, 4) is 33.8 Å². The molecule has 15 nitrogen and oxygen atoms in total. The highest BCUT2D eigenvalue weighted by molar-refractivity contribution is 5.90. The molecule has 310 valence electrons. The fraction of sp³-hybridized carbons (Fsp3) is 0.419. The molecule has 0 bridgehead atoms. The number of aromatic nitrogens is 5. The second kappa shape index (κ2) is 17.3. The summed E-state index contributed by atoms with van der Waals surface area (Å²) in [6.45, 7) is 8.58. The van der Waals surface area contributed by atoms with Crippen molar-refractivity contribution >= 4 is 34.8 Å². The van der Waals surface area contributed by atoms with E-state index in [9.17, 15) is 19.2 Å². The Hall–Kier alpha value is -6.32. The number of carbonyl (C=O) groups excluding carboxylic acids is 4. The summed E-state index contributed by atoms with van der Waals surface area (Å²) in [5.41, 5.74) is 3.70. The van der Waals surface area contributed by atoms with Crippen LogP contribution in [0, 0.1) is 17.7 Å². The average molecular weight is 808 g/mol. The molecule has 2 aliphatic rings. The van der Waals surface area contributed by atoms with Gasteiger partial charge in [0.1, 0.15) is 29.5 Å². The van der Waals surface area contributed by atoms with Gasteiger partial charge in [0.05, 0.1) is 55.8 Å². The summed E-state index contributed by atoms with van der Waals surface area (Å²) in [7, 11) is 2.54. The van der Waals surface area contributed by atoms with E-state index in [1.54, 1.807) is 34.5 Å². The van der Waals surface area contributed by atoms with Crippen molar-refractivity contribution in [2.24, 2.45) is 11.8 Å². The molecule has 0 spiro atoms. The van der Waals surface area contributed by atoms with Gasteiger partial charge in [0.25, 0.3) is 0 Å². The first-order chi connectivity index (χ1) is 28.4. The molecule has 7 rings (SSSR count). The molecule has 5 aromatic rings. The van der Waals surface area contributed by atoms with Crippen molar-refractivity contribution < 1.29 is 33.0 Å². The molecule has 0 radical (unpaired) electrons. The Morgan fingerprint density at radius 3 is 1.69 bits per heavy atom. The zero-order valence-electron chi connectivity index (χ0n) is 34.0. The number of pyridine rings is 1. The first-order valence-corrected chi connectivity index (χ1v) is 20.0. The molecule has 2 fully saturated rings. The van der Waals surface area contributed by atoms with Gasteiger partial charge in [0.15, 0.2) is 0 Å². The van der Waals surface area contributed by atoms with Gasteiger partial charge in [0.2, 0.25) is 11.8 Å². The number of hydrogen-bond acceptors (Lipinski definition) is 9. The van der Waals surface area contributed by atoms with E-state index in [0.29, 0.717) is 53.7 Å². The van der Waals surface area contributed by atoms with Crippen LogP contribution in [-0.4, -0.2) is 98.1 Å². The van der Waals surface area contributed by atoms with Crippen LogP contribution in [0.25, 0.3) is 44.5 Å².